The minimum Gasteiger partial charge on any atom is -0.507 e. The maximum atomic E-state index is 9.78. The lowest BCUT2D eigenvalue weighted by Gasteiger charge is -2.07. The molecule has 0 amide bonds. The third-order valence-electron chi connectivity index (χ3n) is 2.29. The van der Waals surface area contributed by atoms with Gasteiger partial charge in [-0.05, 0) is 59.3 Å². The summed E-state index contributed by atoms with van der Waals surface area (Å²) in [4.78, 5) is 4.08. The molecule has 0 radical (unpaired) electrons. The van der Waals surface area contributed by atoms with Gasteiger partial charge in [0.05, 0.1) is 0 Å². The number of hydrogen-bond donors (Lipinski definition) is 1. The van der Waals surface area contributed by atoms with Crippen molar-refractivity contribution in [2.75, 3.05) is 0 Å². The van der Waals surface area contributed by atoms with E-state index in [1.807, 2.05) is 25.1 Å². The molecule has 0 aliphatic rings. The molecule has 0 fully saturated rings. The van der Waals surface area contributed by atoms with Gasteiger partial charge in [-0.2, -0.15) is 0 Å². The van der Waals surface area contributed by atoms with E-state index in [9.17, 15) is 5.11 Å². The second-order valence-electron chi connectivity index (χ2n) is 3.35. The Kier molecular flexibility index (Phi) is 2.90. The molecule has 1 aromatic carbocycles. The van der Waals surface area contributed by atoms with Crippen LogP contribution in [0.25, 0.3) is 11.1 Å². The van der Waals surface area contributed by atoms with Crippen LogP contribution in [0.4, 0.5) is 0 Å². The van der Waals surface area contributed by atoms with Crippen LogP contribution in [0.2, 0.25) is 0 Å². The van der Waals surface area contributed by atoms with Gasteiger partial charge in [0, 0.05) is 27.1 Å². The van der Waals surface area contributed by atoms with Crippen molar-refractivity contribution in [1.82, 2.24) is 4.98 Å². The van der Waals surface area contributed by atoms with E-state index in [0.29, 0.717) is 5.75 Å². The first kappa shape index (κ1) is 10.4. The van der Waals surface area contributed by atoms with Crippen LogP contribution in [0, 0.1) is 10.5 Å². The molecule has 1 N–H and O–H groups in total. The molecule has 15 heavy (non-hydrogen) atoms. The summed E-state index contributed by atoms with van der Waals surface area (Å²) in [5.41, 5.74) is 2.93. The van der Waals surface area contributed by atoms with E-state index in [0.717, 1.165) is 20.3 Å². The van der Waals surface area contributed by atoms with Crippen molar-refractivity contribution in [3.8, 4) is 16.9 Å². The van der Waals surface area contributed by atoms with Gasteiger partial charge in [-0.15, -0.1) is 0 Å². The van der Waals surface area contributed by atoms with Gasteiger partial charge < -0.3 is 5.11 Å². The Morgan fingerprint density at radius 1 is 1.20 bits per heavy atom. The number of pyridine rings is 1. The molecule has 76 valence electrons. The molecule has 0 spiro atoms. The SMILES string of the molecule is Cc1ccncc1-c1cc(I)ccc1O. The predicted octanol–water partition coefficient (Wildman–Crippen LogP) is 3.37. The van der Waals surface area contributed by atoms with Crippen LogP contribution in [-0.4, -0.2) is 10.1 Å². The zero-order chi connectivity index (χ0) is 10.8. The maximum Gasteiger partial charge on any atom is 0.123 e. The van der Waals surface area contributed by atoms with E-state index in [4.69, 9.17) is 0 Å². The Morgan fingerprint density at radius 3 is 2.73 bits per heavy atom. The largest absolute Gasteiger partial charge is 0.507 e. The monoisotopic (exact) mass is 311 g/mol. The number of nitrogens with zero attached hydrogens (tertiary/aromatic N) is 1. The molecular weight excluding hydrogens is 301 g/mol. The van der Waals surface area contributed by atoms with Crippen molar-refractivity contribution >= 4 is 22.6 Å². The molecular formula is C12H10INO. The van der Waals surface area contributed by atoms with Crippen molar-refractivity contribution in [2.24, 2.45) is 0 Å². The Hall–Kier alpha value is -1.10. The number of aryl methyl sites for hydroxylation is 1. The van der Waals surface area contributed by atoms with Gasteiger partial charge in [0.25, 0.3) is 0 Å². The Labute approximate surface area is 102 Å². The smallest absolute Gasteiger partial charge is 0.123 e. The van der Waals surface area contributed by atoms with Crippen LogP contribution < -0.4 is 0 Å². The second kappa shape index (κ2) is 4.18. The minimum absolute atomic E-state index is 0.298. The molecule has 0 saturated carbocycles. The molecule has 2 nitrogen and oxygen atoms in total. The maximum absolute atomic E-state index is 9.78. The van der Waals surface area contributed by atoms with Gasteiger partial charge in [-0.25, -0.2) is 0 Å². The summed E-state index contributed by atoms with van der Waals surface area (Å²) in [5.74, 6) is 0.298. The molecule has 0 aliphatic carbocycles. The molecule has 2 aromatic rings. The highest BCUT2D eigenvalue weighted by molar-refractivity contribution is 14.1. The highest BCUT2D eigenvalue weighted by Gasteiger charge is 2.07. The lowest BCUT2D eigenvalue weighted by Crippen LogP contribution is -1.86. The molecule has 1 aromatic heterocycles. The van der Waals surface area contributed by atoms with Crippen molar-refractivity contribution in [1.29, 1.82) is 0 Å². The molecule has 0 bridgehead atoms. The average molecular weight is 311 g/mol. The fourth-order valence-corrected chi connectivity index (χ4v) is 1.96. The van der Waals surface area contributed by atoms with Crippen LogP contribution in [0.5, 0.6) is 5.75 Å². The minimum atomic E-state index is 0.298. The number of hydrogen-bond acceptors (Lipinski definition) is 2. The standard InChI is InChI=1S/C12H10INO/c1-8-4-5-14-7-11(8)10-6-9(13)2-3-12(10)15/h2-7,15H,1H3. The van der Waals surface area contributed by atoms with Crippen LogP contribution in [0.3, 0.4) is 0 Å². The third-order valence-corrected chi connectivity index (χ3v) is 2.96. The highest BCUT2D eigenvalue weighted by atomic mass is 127. The van der Waals surface area contributed by atoms with Crippen LogP contribution in [0.15, 0.2) is 36.7 Å². The van der Waals surface area contributed by atoms with Gasteiger partial charge in [0.15, 0.2) is 0 Å². The fraction of sp³-hybridized carbons (Fsp3) is 0.0833. The quantitative estimate of drug-likeness (QED) is 0.819. The van der Waals surface area contributed by atoms with Crippen molar-refractivity contribution < 1.29 is 5.11 Å². The first-order valence-corrected chi connectivity index (χ1v) is 5.66. The average Bonchev–Trinajstić information content (AvgIpc) is 2.23. The number of phenols is 1. The van der Waals surface area contributed by atoms with Crippen LogP contribution in [0.1, 0.15) is 5.56 Å². The summed E-state index contributed by atoms with van der Waals surface area (Å²) in [6, 6.07) is 7.49. The lowest BCUT2D eigenvalue weighted by molar-refractivity contribution is 0.477. The summed E-state index contributed by atoms with van der Waals surface area (Å²) >= 11 is 2.23. The molecule has 2 rings (SSSR count). The van der Waals surface area contributed by atoms with Crippen LogP contribution >= 0.6 is 22.6 Å². The number of halogens is 1. The second-order valence-corrected chi connectivity index (χ2v) is 4.60. The third kappa shape index (κ3) is 2.12. The predicted molar refractivity (Wildman–Crippen MR) is 68.8 cm³/mol. The van der Waals surface area contributed by atoms with E-state index < -0.39 is 0 Å². The molecule has 0 atom stereocenters. The first-order valence-electron chi connectivity index (χ1n) is 4.58. The topological polar surface area (TPSA) is 33.1 Å². The van der Waals surface area contributed by atoms with Gasteiger partial charge in [0.1, 0.15) is 5.75 Å². The van der Waals surface area contributed by atoms with Gasteiger partial charge >= 0.3 is 0 Å². The molecule has 0 aliphatic heterocycles. The normalized spacial score (nSPS) is 10.3. The Balaban J connectivity index is 2.64. The molecule has 3 heteroatoms. The van der Waals surface area contributed by atoms with E-state index in [-0.39, 0.29) is 0 Å². The number of benzene rings is 1. The van der Waals surface area contributed by atoms with Gasteiger partial charge in [0.2, 0.25) is 0 Å². The summed E-state index contributed by atoms with van der Waals surface area (Å²) in [7, 11) is 0. The number of rotatable bonds is 1. The van der Waals surface area contributed by atoms with Crippen LogP contribution in [-0.2, 0) is 0 Å². The van der Waals surface area contributed by atoms with E-state index in [1.54, 1.807) is 18.5 Å². The van der Waals surface area contributed by atoms with Crippen molar-refractivity contribution in [3.05, 3.63) is 45.8 Å². The number of phenolic OH excluding ortho intramolecular Hbond substituents is 1. The summed E-state index contributed by atoms with van der Waals surface area (Å²) in [6.07, 6.45) is 3.53. The van der Waals surface area contributed by atoms with Gasteiger partial charge in [-0.3, -0.25) is 4.98 Å². The molecule has 0 saturated heterocycles. The number of aromatic hydroxyl groups is 1. The summed E-state index contributed by atoms with van der Waals surface area (Å²) in [6.45, 7) is 2.01. The fourth-order valence-electron chi connectivity index (χ4n) is 1.47. The summed E-state index contributed by atoms with van der Waals surface area (Å²) in [5, 5.41) is 9.78. The number of aromatic nitrogens is 1. The van der Waals surface area contributed by atoms with E-state index in [1.165, 1.54) is 0 Å². The zero-order valence-corrected chi connectivity index (χ0v) is 10.4. The highest BCUT2D eigenvalue weighted by Crippen LogP contribution is 2.31. The zero-order valence-electron chi connectivity index (χ0n) is 8.24. The lowest BCUT2D eigenvalue weighted by atomic mass is 10.0. The molecule has 1 heterocycles. The van der Waals surface area contributed by atoms with E-state index >= 15 is 0 Å². The van der Waals surface area contributed by atoms with Gasteiger partial charge in [-0.1, -0.05) is 0 Å². The van der Waals surface area contributed by atoms with Crippen molar-refractivity contribution in [2.45, 2.75) is 6.92 Å². The van der Waals surface area contributed by atoms with E-state index in [2.05, 4.69) is 27.6 Å². The summed E-state index contributed by atoms with van der Waals surface area (Å²) < 4.78 is 1.10. The molecule has 0 unspecified atom stereocenters. The first-order chi connectivity index (χ1) is 7.18. The Morgan fingerprint density at radius 2 is 2.00 bits per heavy atom. The Bertz CT molecular complexity index is 497. The van der Waals surface area contributed by atoms with Crippen molar-refractivity contribution in [3.63, 3.8) is 0 Å².